The van der Waals surface area contributed by atoms with E-state index in [0.717, 1.165) is 15.8 Å². The SMILES string of the molecule is O=C(O)N1/C=C\C=C/COc2ccc3ncnc(c3c2)N=c2cccc/c2=C/1. The summed E-state index contributed by atoms with van der Waals surface area (Å²) >= 11 is 0. The molecule has 0 radical (unpaired) electrons. The minimum absolute atomic E-state index is 0.340. The van der Waals surface area contributed by atoms with Crippen LogP contribution in [0.3, 0.4) is 0 Å². The van der Waals surface area contributed by atoms with Crippen LogP contribution in [0.4, 0.5) is 10.6 Å². The third-order valence-corrected chi connectivity index (χ3v) is 4.09. The number of allylic oxidation sites excluding steroid dienone is 2. The van der Waals surface area contributed by atoms with E-state index in [2.05, 4.69) is 15.0 Å². The lowest BCUT2D eigenvalue weighted by molar-refractivity contribution is 0.179. The van der Waals surface area contributed by atoms with Gasteiger partial charge in [0.15, 0.2) is 5.82 Å². The zero-order chi connectivity index (χ0) is 19.3. The third-order valence-electron chi connectivity index (χ3n) is 4.09. The normalized spacial score (nSPS) is 17.1. The minimum atomic E-state index is -1.10. The number of para-hydroxylation sites is 1. The Kier molecular flexibility index (Phi) is 4.79. The van der Waals surface area contributed by atoms with E-state index < -0.39 is 6.09 Å². The van der Waals surface area contributed by atoms with Gasteiger partial charge >= 0.3 is 6.09 Å². The van der Waals surface area contributed by atoms with E-state index in [-0.39, 0.29) is 0 Å². The summed E-state index contributed by atoms with van der Waals surface area (Å²) in [6.45, 7) is 0.340. The van der Waals surface area contributed by atoms with Crippen molar-refractivity contribution in [2.45, 2.75) is 0 Å². The molecule has 2 heterocycles. The highest BCUT2D eigenvalue weighted by Crippen LogP contribution is 2.25. The number of carbonyl (C=O) groups is 1. The molecule has 0 aliphatic carbocycles. The molecular formula is C21H16N4O3. The van der Waals surface area contributed by atoms with Crippen molar-refractivity contribution in [3.05, 3.63) is 83.8 Å². The molecule has 0 saturated heterocycles. The van der Waals surface area contributed by atoms with Crippen molar-refractivity contribution in [1.82, 2.24) is 14.9 Å². The Morgan fingerprint density at radius 1 is 1.11 bits per heavy atom. The number of hydrogen-bond acceptors (Lipinski definition) is 5. The molecule has 1 N–H and O–H groups in total. The van der Waals surface area contributed by atoms with Gasteiger partial charge in [-0.15, -0.1) is 0 Å². The summed E-state index contributed by atoms with van der Waals surface area (Å²) in [4.78, 5) is 25.9. The number of ether oxygens (including phenoxy) is 1. The molecule has 0 unspecified atom stereocenters. The summed E-state index contributed by atoms with van der Waals surface area (Å²) in [6.07, 6.45) is 8.48. The highest BCUT2D eigenvalue weighted by Gasteiger charge is 2.07. The van der Waals surface area contributed by atoms with E-state index in [0.29, 0.717) is 28.8 Å². The van der Waals surface area contributed by atoms with Crippen molar-refractivity contribution in [3.8, 4) is 5.75 Å². The number of fused-ring (bicyclic) bond motifs is 2. The van der Waals surface area contributed by atoms with Gasteiger partial charge in [-0.25, -0.2) is 19.8 Å². The van der Waals surface area contributed by atoms with Crippen LogP contribution < -0.4 is 15.3 Å². The molecule has 1 aliphatic heterocycles. The van der Waals surface area contributed by atoms with Crippen LogP contribution in [0.15, 0.2) is 78.2 Å². The summed E-state index contributed by atoms with van der Waals surface area (Å²) in [6, 6.07) is 12.8. The van der Waals surface area contributed by atoms with Gasteiger partial charge in [0.05, 0.1) is 10.9 Å². The van der Waals surface area contributed by atoms with Gasteiger partial charge in [0.2, 0.25) is 0 Å². The van der Waals surface area contributed by atoms with Crippen molar-refractivity contribution in [2.75, 3.05) is 6.61 Å². The average molecular weight is 372 g/mol. The Labute approximate surface area is 160 Å². The first-order valence-electron chi connectivity index (χ1n) is 8.58. The van der Waals surface area contributed by atoms with Gasteiger partial charge in [-0.1, -0.05) is 24.3 Å². The maximum atomic E-state index is 11.6. The molecule has 3 aromatic rings. The van der Waals surface area contributed by atoms with Crippen LogP contribution in [0, 0.1) is 0 Å². The van der Waals surface area contributed by atoms with Gasteiger partial charge in [0, 0.05) is 23.0 Å². The van der Waals surface area contributed by atoms with Gasteiger partial charge in [-0.2, -0.15) is 0 Å². The second-order valence-corrected chi connectivity index (χ2v) is 5.95. The predicted octanol–water partition coefficient (Wildman–Crippen LogP) is 2.76. The number of amides is 1. The molecule has 138 valence electrons. The van der Waals surface area contributed by atoms with Gasteiger partial charge in [-0.3, -0.25) is 4.90 Å². The van der Waals surface area contributed by atoms with Crippen LogP contribution in [0.2, 0.25) is 0 Å². The molecule has 2 aromatic carbocycles. The van der Waals surface area contributed by atoms with Gasteiger partial charge < -0.3 is 9.84 Å². The molecule has 1 amide bonds. The van der Waals surface area contributed by atoms with E-state index in [9.17, 15) is 9.90 Å². The molecule has 2 bridgehead atoms. The maximum Gasteiger partial charge on any atom is 0.415 e. The highest BCUT2D eigenvalue weighted by atomic mass is 16.5. The summed E-state index contributed by atoms with van der Waals surface area (Å²) in [7, 11) is 0. The quantitative estimate of drug-likeness (QED) is 0.656. The lowest BCUT2D eigenvalue weighted by Crippen LogP contribution is -2.29. The van der Waals surface area contributed by atoms with E-state index in [1.165, 1.54) is 18.7 Å². The Balaban J connectivity index is 2.00. The molecule has 4 rings (SSSR count). The van der Waals surface area contributed by atoms with Gasteiger partial charge in [-0.05, 0) is 36.4 Å². The predicted molar refractivity (Wildman–Crippen MR) is 105 cm³/mol. The standard InChI is InChI=1S/C21H16N4O3/c26-21(27)25-10-4-1-5-11-28-16-8-9-19-17(12-16)20(23-14-22-19)24-18-7-3-2-6-15(18)13-25/h1-10,12-14H,11H2,(H,26,27)/b5-1-,10-4-,15-13-,24-18?. The Morgan fingerprint density at radius 2 is 2.00 bits per heavy atom. The molecule has 0 atom stereocenters. The maximum absolute atomic E-state index is 11.6. The lowest BCUT2D eigenvalue weighted by atomic mass is 10.2. The van der Waals surface area contributed by atoms with E-state index in [4.69, 9.17) is 4.74 Å². The van der Waals surface area contributed by atoms with E-state index >= 15 is 0 Å². The van der Waals surface area contributed by atoms with E-state index in [1.807, 2.05) is 36.4 Å². The number of carboxylic acid groups (broad SMARTS) is 1. The molecule has 7 nitrogen and oxygen atoms in total. The van der Waals surface area contributed by atoms with Crippen LogP contribution in [-0.4, -0.2) is 32.7 Å². The third kappa shape index (κ3) is 3.73. The lowest BCUT2D eigenvalue weighted by Gasteiger charge is -2.07. The molecular weight excluding hydrogens is 356 g/mol. The number of nitrogens with zero attached hydrogens (tertiary/aromatic N) is 4. The van der Waals surface area contributed by atoms with Crippen LogP contribution in [0.1, 0.15) is 0 Å². The second-order valence-electron chi connectivity index (χ2n) is 5.95. The zero-order valence-electron chi connectivity index (χ0n) is 14.8. The topological polar surface area (TPSA) is 87.9 Å². The minimum Gasteiger partial charge on any atom is -0.490 e. The van der Waals surface area contributed by atoms with Crippen molar-refractivity contribution < 1.29 is 14.6 Å². The fourth-order valence-electron chi connectivity index (χ4n) is 2.75. The molecule has 7 heteroatoms. The first kappa shape index (κ1) is 17.4. The number of hydrogen-bond donors (Lipinski definition) is 1. The fourth-order valence-corrected chi connectivity index (χ4v) is 2.75. The Hall–Kier alpha value is -4.00. The molecule has 0 saturated carbocycles. The van der Waals surface area contributed by atoms with Crippen LogP contribution in [0.5, 0.6) is 5.75 Å². The summed E-state index contributed by atoms with van der Waals surface area (Å²) in [5.41, 5.74) is 0.747. The largest absolute Gasteiger partial charge is 0.490 e. The average Bonchev–Trinajstić information content (AvgIpc) is 2.71. The molecule has 0 spiro atoms. The van der Waals surface area contributed by atoms with Crippen molar-refractivity contribution in [3.63, 3.8) is 0 Å². The molecule has 0 fully saturated rings. The number of aromatic nitrogens is 2. The highest BCUT2D eigenvalue weighted by molar-refractivity contribution is 5.88. The van der Waals surface area contributed by atoms with Crippen LogP contribution >= 0.6 is 0 Å². The molecule has 28 heavy (non-hydrogen) atoms. The first-order chi connectivity index (χ1) is 13.7. The van der Waals surface area contributed by atoms with Crippen LogP contribution in [0.25, 0.3) is 17.1 Å². The van der Waals surface area contributed by atoms with Crippen molar-refractivity contribution in [2.24, 2.45) is 4.99 Å². The number of rotatable bonds is 0. The summed E-state index contributed by atoms with van der Waals surface area (Å²) < 4.78 is 5.73. The molecule has 1 aliphatic rings. The first-order valence-corrected chi connectivity index (χ1v) is 8.58. The van der Waals surface area contributed by atoms with E-state index in [1.54, 1.807) is 24.3 Å². The number of benzene rings is 2. The van der Waals surface area contributed by atoms with Crippen molar-refractivity contribution >= 4 is 29.0 Å². The second kappa shape index (κ2) is 7.71. The Morgan fingerprint density at radius 3 is 2.89 bits per heavy atom. The van der Waals surface area contributed by atoms with Gasteiger partial charge in [0.25, 0.3) is 0 Å². The monoisotopic (exact) mass is 372 g/mol. The van der Waals surface area contributed by atoms with Crippen LogP contribution in [-0.2, 0) is 0 Å². The zero-order valence-corrected chi connectivity index (χ0v) is 14.8. The smallest absolute Gasteiger partial charge is 0.415 e. The fraction of sp³-hybridized carbons (Fsp3) is 0.0476. The van der Waals surface area contributed by atoms with Crippen molar-refractivity contribution in [1.29, 1.82) is 0 Å². The molecule has 1 aromatic heterocycles. The summed E-state index contributed by atoms with van der Waals surface area (Å²) in [5.74, 6) is 1.16. The van der Waals surface area contributed by atoms with Gasteiger partial charge in [0.1, 0.15) is 18.7 Å². The Bertz CT molecular complexity index is 1220. The summed E-state index contributed by atoms with van der Waals surface area (Å²) in [5, 5.41) is 11.5.